The number of hydrogen-bond donors (Lipinski definition) is 0. The van der Waals surface area contributed by atoms with Gasteiger partial charge in [0.1, 0.15) is 0 Å². The second kappa shape index (κ2) is 9.77. The highest BCUT2D eigenvalue weighted by atomic mass is 14.9. The Hall–Kier alpha value is -4.89. The Morgan fingerprint density at radius 2 is 0.833 bits per heavy atom. The van der Waals surface area contributed by atoms with Crippen LogP contribution in [0.5, 0.6) is 0 Å². The highest BCUT2D eigenvalue weighted by Crippen LogP contribution is 2.31. The number of hydrogen-bond acceptors (Lipinski definition) is 3. The fourth-order valence-corrected chi connectivity index (χ4v) is 4.32. The molecule has 0 atom stereocenters. The van der Waals surface area contributed by atoms with Crippen molar-refractivity contribution in [1.29, 1.82) is 0 Å². The summed E-state index contributed by atoms with van der Waals surface area (Å²) in [7, 11) is 0. The van der Waals surface area contributed by atoms with Crippen LogP contribution in [0.15, 0.2) is 140 Å². The van der Waals surface area contributed by atoms with Gasteiger partial charge in [0, 0.05) is 28.5 Å². The molecule has 2 heterocycles. The van der Waals surface area contributed by atoms with Crippen LogP contribution in [0.1, 0.15) is 0 Å². The Bertz CT molecular complexity index is 1550. The lowest BCUT2D eigenvalue weighted by molar-refractivity contribution is 1.18. The Labute approximate surface area is 210 Å². The summed E-state index contributed by atoms with van der Waals surface area (Å²) in [6.45, 7) is 0. The molecule has 0 amide bonds. The Morgan fingerprint density at radius 1 is 0.333 bits per heavy atom. The second-order valence-corrected chi connectivity index (χ2v) is 8.57. The number of benzene rings is 4. The maximum absolute atomic E-state index is 4.98. The average Bonchev–Trinajstić information content (AvgIpc) is 2.98. The summed E-state index contributed by atoms with van der Waals surface area (Å²) >= 11 is 0. The molecule has 0 spiro atoms. The molecule has 0 aliphatic rings. The van der Waals surface area contributed by atoms with Crippen molar-refractivity contribution < 1.29 is 0 Å². The number of aromatic nitrogens is 3. The largest absolute Gasteiger partial charge is 0.256 e. The van der Waals surface area contributed by atoms with Crippen molar-refractivity contribution in [1.82, 2.24) is 15.0 Å². The van der Waals surface area contributed by atoms with Crippen LogP contribution in [-0.2, 0) is 0 Å². The van der Waals surface area contributed by atoms with E-state index in [1.165, 1.54) is 0 Å². The first kappa shape index (κ1) is 21.6. The first-order valence-electron chi connectivity index (χ1n) is 12.0. The number of rotatable bonds is 5. The van der Waals surface area contributed by atoms with Gasteiger partial charge in [0.05, 0.1) is 17.1 Å². The van der Waals surface area contributed by atoms with Gasteiger partial charge >= 0.3 is 0 Å². The summed E-state index contributed by atoms with van der Waals surface area (Å²) in [5, 5.41) is 0. The molecule has 0 aliphatic carbocycles. The van der Waals surface area contributed by atoms with E-state index in [0.29, 0.717) is 5.82 Å². The van der Waals surface area contributed by atoms with Crippen molar-refractivity contribution in [2.75, 3.05) is 0 Å². The quantitative estimate of drug-likeness (QED) is 0.260. The van der Waals surface area contributed by atoms with E-state index in [-0.39, 0.29) is 0 Å². The van der Waals surface area contributed by atoms with Gasteiger partial charge in [-0.1, -0.05) is 103 Å². The molecule has 6 aromatic rings. The third kappa shape index (κ3) is 4.55. The number of pyridine rings is 1. The first-order chi connectivity index (χ1) is 17.8. The fourth-order valence-electron chi connectivity index (χ4n) is 4.32. The van der Waals surface area contributed by atoms with E-state index in [2.05, 4.69) is 83.8 Å². The molecule has 0 saturated heterocycles. The Kier molecular flexibility index (Phi) is 5.87. The molecule has 3 heteroatoms. The third-order valence-corrected chi connectivity index (χ3v) is 6.14. The minimum atomic E-state index is 0.706. The average molecular weight is 462 g/mol. The summed E-state index contributed by atoms with van der Waals surface area (Å²) in [6.07, 6.45) is 1.82. The molecule has 0 unspecified atom stereocenters. The van der Waals surface area contributed by atoms with Crippen molar-refractivity contribution in [2.24, 2.45) is 0 Å². The highest BCUT2D eigenvalue weighted by Gasteiger charge is 2.11. The van der Waals surface area contributed by atoms with Crippen molar-refractivity contribution in [3.8, 4) is 56.3 Å². The van der Waals surface area contributed by atoms with E-state index in [1.807, 2.05) is 60.8 Å². The zero-order chi connectivity index (χ0) is 24.2. The molecule has 0 radical (unpaired) electrons. The van der Waals surface area contributed by atoms with Gasteiger partial charge in [-0.15, -0.1) is 0 Å². The maximum atomic E-state index is 4.98. The topological polar surface area (TPSA) is 38.7 Å². The van der Waals surface area contributed by atoms with Crippen LogP contribution < -0.4 is 0 Å². The van der Waals surface area contributed by atoms with Gasteiger partial charge in [-0.3, -0.25) is 4.98 Å². The molecule has 0 aliphatic heterocycles. The zero-order valence-electron chi connectivity index (χ0n) is 19.6. The van der Waals surface area contributed by atoms with Gasteiger partial charge in [0.15, 0.2) is 5.82 Å². The maximum Gasteiger partial charge on any atom is 0.160 e. The smallest absolute Gasteiger partial charge is 0.160 e. The van der Waals surface area contributed by atoms with Gasteiger partial charge in [-0.05, 0) is 41.5 Å². The van der Waals surface area contributed by atoms with Crippen LogP contribution in [0.2, 0.25) is 0 Å². The standard InChI is InChI=1S/C33H23N3/c1-3-11-24(12-4-1)31-23-32(25-13-5-2-6-14-25)36-33(35-31)29-18-10-16-27(22-29)26-15-9-17-28(21-26)30-19-7-8-20-34-30/h1-23H. The van der Waals surface area contributed by atoms with Crippen LogP contribution in [0.4, 0.5) is 0 Å². The Morgan fingerprint density at radius 3 is 1.42 bits per heavy atom. The lowest BCUT2D eigenvalue weighted by atomic mass is 9.99. The molecule has 36 heavy (non-hydrogen) atoms. The van der Waals surface area contributed by atoms with E-state index in [9.17, 15) is 0 Å². The summed E-state index contributed by atoms with van der Waals surface area (Å²) in [4.78, 5) is 14.5. The fraction of sp³-hybridized carbons (Fsp3) is 0. The summed E-state index contributed by atoms with van der Waals surface area (Å²) in [5.41, 5.74) is 9.21. The highest BCUT2D eigenvalue weighted by molar-refractivity contribution is 5.76. The molecule has 0 N–H and O–H groups in total. The molecule has 6 rings (SSSR count). The minimum Gasteiger partial charge on any atom is -0.256 e. The second-order valence-electron chi connectivity index (χ2n) is 8.57. The van der Waals surface area contributed by atoms with Gasteiger partial charge < -0.3 is 0 Å². The lowest BCUT2D eigenvalue weighted by Gasteiger charge is -2.11. The normalized spacial score (nSPS) is 10.8. The van der Waals surface area contributed by atoms with Crippen LogP contribution in [0, 0.1) is 0 Å². The minimum absolute atomic E-state index is 0.706. The monoisotopic (exact) mass is 461 g/mol. The van der Waals surface area contributed by atoms with Crippen molar-refractivity contribution in [3.05, 3.63) is 140 Å². The van der Waals surface area contributed by atoms with Gasteiger partial charge in [0.2, 0.25) is 0 Å². The van der Waals surface area contributed by atoms with Crippen molar-refractivity contribution in [2.45, 2.75) is 0 Å². The predicted octanol–water partition coefficient (Wildman–Crippen LogP) is 8.21. The van der Waals surface area contributed by atoms with E-state index < -0.39 is 0 Å². The molecule has 0 fully saturated rings. The number of nitrogens with zero attached hydrogens (tertiary/aromatic N) is 3. The van der Waals surface area contributed by atoms with E-state index in [0.717, 1.165) is 50.5 Å². The zero-order valence-corrected chi connectivity index (χ0v) is 19.6. The molecular weight excluding hydrogens is 438 g/mol. The van der Waals surface area contributed by atoms with Gasteiger partial charge in [-0.25, -0.2) is 9.97 Å². The van der Waals surface area contributed by atoms with Crippen LogP contribution in [-0.4, -0.2) is 15.0 Å². The summed E-state index contributed by atoms with van der Waals surface area (Å²) in [5.74, 6) is 0.706. The molecule has 0 bridgehead atoms. The summed E-state index contributed by atoms with van der Waals surface area (Å²) in [6, 6.07) is 45.5. The molecule has 170 valence electrons. The van der Waals surface area contributed by atoms with Crippen LogP contribution in [0.3, 0.4) is 0 Å². The molecule has 3 nitrogen and oxygen atoms in total. The molecule has 0 saturated carbocycles. The molecule has 4 aromatic carbocycles. The van der Waals surface area contributed by atoms with Crippen LogP contribution >= 0.6 is 0 Å². The van der Waals surface area contributed by atoms with Crippen molar-refractivity contribution in [3.63, 3.8) is 0 Å². The van der Waals surface area contributed by atoms with E-state index >= 15 is 0 Å². The molecule has 2 aromatic heterocycles. The van der Waals surface area contributed by atoms with Crippen LogP contribution in [0.25, 0.3) is 56.3 Å². The summed E-state index contributed by atoms with van der Waals surface area (Å²) < 4.78 is 0. The van der Waals surface area contributed by atoms with Gasteiger partial charge in [0.25, 0.3) is 0 Å². The van der Waals surface area contributed by atoms with Crippen molar-refractivity contribution >= 4 is 0 Å². The van der Waals surface area contributed by atoms with Gasteiger partial charge in [-0.2, -0.15) is 0 Å². The predicted molar refractivity (Wildman–Crippen MR) is 147 cm³/mol. The van der Waals surface area contributed by atoms with E-state index in [1.54, 1.807) is 0 Å². The Balaban J connectivity index is 1.45. The first-order valence-corrected chi connectivity index (χ1v) is 12.0. The lowest BCUT2D eigenvalue weighted by Crippen LogP contribution is -1.96. The van der Waals surface area contributed by atoms with E-state index in [4.69, 9.17) is 9.97 Å². The SMILES string of the molecule is c1ccc(-c2cc(-c3ccccc3)nc(-c3cccc(-c4cccc(-c5ccccn5)c4)c3)n2)cc1. The molecular formula is C33H23N3. The third-order valence-electron chi connectivity index (χ3n) is 6.14.